The van der Waals surface area contributed by atoms with E-state index in [0.29, 0.717) is 18.5 Å². The Morgan fingerprint density at radius 3 is 2.63 bits per heavy atom. The fraction of sp³-hybridized carbons (Fsp3) is 0.167. The van der Waals surface area contributed by atoms with E-state index in [1.54, 1.807) is 28.8 Å². The minimum absolute atomic E-state index is 0.0280. The number of benzene rings is 3. The fourth-order valence-electron chi connectivity index (χ4n) is 4.40. The number of amides is 1. The van der Waals surface area contributed by atoms with Crippen LogP contribution >= 0.6 is 0 Å². The van der Waals surface area contributed by atoms with Crippen LogP contribution in [0.2, 0.25) is 0 Å². The van der Waals surface area contributed by atoms with Crippen LogP contribution in [0.5, 0.6) is 5.75 Å². The number of hydrogen-bond donors (Lipinski definition) is 1. The van der Waals surface area contributed by atoms with E-state index in [1.165, 1.54) is 6.08 Å². The molecule has 1 aliphatic rings. The van der Waals surface area contributed by atoms with Crippen LogP contribution in [-0.2, 0) is 11.8 Å². The van der Waals surface area contributed by atoms with Crippen molar-refractivity contribution in [3.63, 3.8) is 0 Å². The van der Waals surface area contributed by atoms with Gasteiger partial charge >= 0.3 is 0 Å². The molecule has 3 aromatic carbocycles. The molecule has 1 aromatic heterocycles. The summed E-state index contributed by atoms with van der Waals surface area (Å²) in [5, 5.41) is 12.8. The first-order valence-electron chi connectivity index (χ1n) is 9.82. The highest BCUT2D eigenvalue weighted by Crippen LogP contribution is 2.34. The van der Waals surface area contributed by atoms with Gasteiger partial charge in [0.05, 0.1) is 16.9 Å². The van der Waals surface area contributed by atoms with Gasteiger partial charge in [0.1, 0.15) is 5.75 Å². The second kappa shape index (κ2) is 6.62. The minimum atomic E-state index is -0.0976. The van der Waals surface area contributed by atoms with Gasteiger partial charge in [0.15, 0.2) is 0 Å². The summed E-state index contributed by atoms with van der Waals surface area (Å²) < 4.78 is 3.59. The van der Waals surface area contributed by atoms with E-state index in [9.17, 15) is 14.7 Å². The number of carbonyl (C=O) groups excluding carboxylic acids is 1. The van der Waals surface area contributed by atoms with Crippen LogP contribution in [0.25, 0.3) is 32.8 Å². The summed E-state index contributed by atoms with van der Waals surface area (Å²) >= 11 is 0. The number of likely N-dealkylation sites (tertiary alicyclic amines) is 1. The van der Waals surface area contributed by atoms with Crippen molar-refractivity contribution < 1.29 is 9.90 Å². The standard InChI is InChI=1S/C24H21N3O3/c1-3-23(29)26-13-17(14-26)27-22-11-16(8-9-20(22)24(30)25(27)2)21-12-18(28)10-15-6-4-5-7-19(15)21/h3-12,17,28H,1,13-14H2,2H3. The highest BCUT2D eigenvalue weighted by molar-refractivity contribution is 5.99. The van der Waals surface area contributed by atoms with Crippen molar-refractivity contribution >= 4 is 27.6 Å². The zero-order chi connectivity index (χ0) is 21.0. The Hall–Kier alpha value is -3.80. The number of phenolic OH excluding ortho intramolecular Hbond substituents is 1. The van der Waals surface area contributed by atoms with Gasteiger partial charge in [-0.15, -0.1) is 0 Å². The van der Waals surface area contributed by atoms with Gasteiger partial charge in [0.25, 0.3) is 5.56 Å². The Morgan fingerprint density at radius 1 is 1.10 bits per heavy atom. The monoisotopic (exact) mass is 399 g/mol. The van der Waals surface area contributed by atoms with Gasteiger partial charge < -0.3 is 10.0 Å². The zero-order valence-electron chi connectivity index (χ0n) is 16.6. The van der Waals surface area contributed by atoms with Crippen LogP contribution in [0.1, 0.15) is 6.04 Å². The number of phenols is 1. The van der Waals surface area contributed by atoms with Crippen molar-refractivity contribution in [1.29, 1.82) is 0 Å². The molecule has 150 valence electrons. The first kappa shape index (κ1) is 18.2. The molecule has 2 heterocycles. The molecule has 1 aliphatic heterocycles. The smallest absolute Gasteiger partial charge is 0.274 e. The summed E-state index contributed by atoms with van der Waals surface area (Å²) in [4.78, 5) is 26.3. The molecule has 0 spiro atoms. The summed E-state index contributed by atoms with van der Waals surface area (Å²) in [5.41, 5.74) is 2.59. The number of rotatable bonds is 3. The van der Waals surface area contributed by atoms with Crippen molar-refractivity contribution in [3.05, 3.63) is 77.6 Å². The quantitative estimate of drug-likeness (QED) is 0.537. The SMILES string of the molecule is C=CC(=O)N1CC(n2c3cc(-c4cc(O)cc5ccccc45)ccc3c(=O)n2C)C1. The lowest BCUT2D eigenvalue weighted by molar-refractivity contribution is -0.131. The van der Waals surface area contributed by atoms with Gasteiger partial charge in [-0.3, -0.25) is 19.0 Å². The Morgan fingerprint density at radius 2 is 1.87 bits per heavy atom. The highest BCUT2D eigenvalue weighted by Gasteiger charge is 2.33. The molecule has 6 nitrogen and oxygen atoms in total. The van der Waals surface area contributed by atoms with Gasteiger partial charge in [-0.2, -0.15) is 0 Å². The summed E-state index contributed by atoms with van der Waals surface area (Å²) in [6.45, 7) is 4.62. The Labute approximate surface area is 172 Å². The molecule has 0 atom stereocenters. The third kappa shape index (κ3) is 2.64. The molecular formula is C24H21N3O3. The maximum absolute atomic E-state index is 12.8. The average Bonchev–Trinajstić information content (AvgIpc) is 2.96. The lowest BCUT2D eigenvalue weighted by Gasteiger charge is -2.40. The number of carbonyl (C=O) groups is 1. The van der Waals surface area contributed by atoms with E-state index >= 15 is 0 Å². The third-order valence-electron chi connectivity index (χ3n) is 5.94. The van der Waals surface area contributed by atoms with Crippen molar-refractivity contribution in [2.24, 2.45) is 7.05 Å². The number of aromatic hydroxyl groups is 1. The molecule has 1 N–H and O–H groups in total. The molecule has 30 heavy (non-hydrogen) atoms. The highest BCUT2D eigenvalue weighted by atomic mass is 16.3. The second-order valence-electron chi connectivity index (χ2n) is 7.72. The average molecular weight is 399 g/mol. The second-order valence-corrected chi connectivity index (χ2v) is 7.72. The molecule has 0 bridgehead atoms. The molecule has 6 heteroatoms. The Bertz CT molecular complexity index is 1390. The normalized spacial score (nSPS) is 14.2. The number of aromatic nitrogens is 2. The van der Waals surface area contributed by atoms with Crippen molar-refractivity contribution in [1.82, 2.24) is 14.3 Å². The van der Waals surface area contributed by atoms with Crippen LogP contribution in [0.15, 0.2) is 72.0 Å². The summed E-state index contributed by atoms with van der Waals surface area (Å²) in [5.74, 6) is 0.103. The lowest BCUT2D eigenvalue weighted by Crippen LogP contribution is -2.51. The summed E-state index contributed by atoms with van der Waals surface area (Å²) in [7, 11) is 1.75. The van der Waals surface area contributed by atoms with Gasteiger partial charge in [0.2, 0.25) is 5.91 Å². The molecule has 0 unspecified atom stereocenters. The predicted octanol–water partition coefficient (Wildman–Crippen LogP) is 3.44. The first-order valence-corrected chi connectivity index (χ1v) is 9.82. The summed E-state index contributed by atoms with van der Waals surface area (Å²) in [6, 6.07) is 17.2. The molecule has 4 aromatic rings. The van der Waals surface area contributed by atoms with E-state index in [2.05, 4.69) is 6.58 Å². The maximum Gasteiger partial charge on any atom is 0.274 e. The predicted molar refractivity (Wildman–Crippen MR) is 118 cm³/mol. The van der Waals surface area contributed by atoms with Crippen LogP contribution < -0.4 is 5.56 Å². The molecule has 0 aliphatic carbocycles. The molecule has 0 radical (unpaired) electrons. The third-order valence-corrected chi connectivity index (χ3v) is 5.94. The van der Waals surface area contributed by atoms with Crippen LogP contribution in [0.4, 0.5) is 0 Å². The summed E-state index contributed by atoms with van der Waals surface area (Å²) in [6.07, 6.45) is 1.31. The molecular weight excluding hydrogens is 378 g/mol. The first-order chi connectivity index (χ1) is 14.5. The van der Waals surface area contributed by atoms with Gasteiger partial charge in [-0.25, -0.2) is 0 Å². The Balaban J connectivity index is 1.66. The number of hydrogen-bond acceptors (Lipinski definition) is 3. The van der Waals surface area contributed by atoms with E-state index in [4.69, 9.17) is 0 Å². The van der Waals surface area contributed by atoms with Gasteiger partial charge in [-0.1, -0.05) is 36.9 Å². The molecule has 1 saturated heterocycles. The van der Waals surface area contributed by atoms with Crippen LogP contribution in [0.3, 0.4) is 0 Å². The lowest BCUT2D eigenvalue weighted by atomic mass is 9.97. The van der Waals surface area contributed by atoms with Gasteiger partial charge in [-0.05, 0) is 52.2 Å². The maximum atomic E-state index is 12.8. The van der Waals surface area contributed by atoms with Crippen LogP contribution in [-0.4, -0.2) is 38.4 Å². The van der Waals surface area contributed by atoms with Crippen molar-refractivity contribution in [2.45, 2.75) is 6.04 Å². The van der Waals surface area contributed by atoms with E-state index < -0.39 is 0 Å². The molecule has 1 fully saturated rings. The molecule has 0 saturated carbocycles. The van der Waals surface area contributed by atoms with E-state index in [-0.39, 0.29) is 23.3 Å². The number of nitrogens with zero attached hydrogens (tertiary/aromatic N) is 3. The van der Waals surface area contributed by atoms with Crippen molar-refractivity contribution in [2.75, 3.05) is 13.1 Å². The number of fused-ring (bicyclic) bond motifs is 2. The topological polar surface area (TPSA) is 67.5 Å². The zero-order valence-corrected chi connectivity index (χ0v) is 16.6. The van der Waals surface area contributed by atoms with Crippen LogP contribution in [0, 0.1) is 0 Å². The van der Waals surface area contributed by atoms with Gasteiger partial charge in [0, 0.05) is 20.1 Å². The Kier molecular flexibility index (Phi) is 4.03. The largest absolute Gasteiger partial charge is 0.508 e. The van der Waals surface area contributed by atoms with E-state index in [0.717, 1.165) is 27.4 Å². The minimum Gasteiger partial charge on any atom is -0.508 e. The fourth-order valence-corrected chi connectivity index (χ4v) is 4.40. The van der Waals surface area contributed by atoms with Crippen molar-refractivity contribution in [3.8, 4) is 16.9 Å². The van der Waals surface area contributed by atoms with E-state index in [1.807, 2.05) is 47.1 Å². The molecule has 1 amide bonds. The molecule has 5 rings (SSSR count).